The quantitative estimate of drug-likeness (QED) is 0.712. The second-order valence-electron chi connectivity index (χ2n) is 5.03. The van der Waals surface area contributed by atoms with Gasteiger partial charge in [-0.25, -0.2) is 8.78 Å². The summed E-state index contributed by atoms with van der Waals surface area (Å²) in [5.74, 6) is -1.78. The number of aliphatic hydroxyl groups excluding tert-OH is 1. The van der Waals surface area contributed by atoms with Gasteiger partial charge in [-0.3, -0.25) is 0 Å². The fourth-order valence-electron chi connectivity index (χ4n) is 2.39. The van der Waals surface area contributed by atoms with Crippen molar-refractivity contribution in [1.82, 2.24) is 0 Å². The van der Waals surface area contributed by atoms with Crippen molar-refractivity contribution < 1.29 is 13.9 Å². The van der Waals surface area contributed by atoms with Crippen LogP contribution >= 0.6 is 0 Å². The molecule has 0 saturated heterocycles. The summed E-state index contributed by atoms with van der Waals surface area (Å²) in [5.41, 5.74) is 6.59. The molecular formula is C12H15F2NO. The summed E-state index contributed by atoms with van der Waals surface area (Å²) in [5, 5.41) is 9.78. The van der Waals surface area contributed by atoms with E-state index in [0.29, 0.717) is 17.5 Å². The summed E-state index contributed by atoms with van der Waals surface area (Å²) in [6, 6.07) is 1.65. The van der Waals surface area contributed by atoms with Gasteiger partial charge in [-0.05, 0) is 35.1 Å². The van der Waals surface area contributed by atoms with Crippen molar-refractivity contribution in [3.8, 4) is 0 Å². The zero-order valence-corrected chi connectivity index (χ0v) is 9.30. The maximum absolute atomic E-state index is 13.2. The van der Waals surface area contributed by atoms with Crippen LogP contribution in [0, 0.1) is 11.6 Å². The van der Waals surface area contributed by atoms with E-state index in [1.165, 1.54) is 6.07 Å². The summed E-state index contributed by atoms with van der Waals surface area (Å²) in [6.07, 6.45) is -0.265. The van der Waals surface area contributed by atoms with Gasteiger partial charge in [-0.15, -0.1) is 0 Å². The number of fused-ring (bicyclic) bond motifs is 1. The smallest absolute Gasteiger partial charge is 0.159 e. The van der Waals surface area contributed by atoms with E-state index in [2.05, 4.69) is 0 Å². The van der Waals surface area contributed by atoms with Crippen LogP contribution in [0.1, 0.15) is 37.4 Å². The lowest BCUT2D eigenvalue weighted by molar-refractivity contribution is 0.0990. The lowest BCUT2D eigenvalue weighted by atomic mass is 9.70. The highest BCUT2D eigenvalue weighted by atomic mass is 19.2. The van der Waals surface area contributed by atoms with Gasteiger partial charge < -0.3 is 10.8 Å². The molecule has 0 radical (unpaired) electrons. The van der Waals surface area contributed by atoms with Crippen molar-refractivity contribution in [2.45, 2.75) is 37.8 Å². The molecule has 0 heterocycles. The highest BCUT2D eigenvalue weighted by molar-refractivity contribution is 5.40. The van der Waals surface area contributed by atoms with Crippen molar-refractivity contribution in [1.29, 1.82) is 0 Å². The third-order valence-corrected chi connectivity index (χ3v) is 3.31. The van der Waals surface area contributed by atoms with Crippen LogP contribution in [-0.4, -0.2) is 11.2 Å². The van der Waals surface area contributed by atoms with Crippen LogP contribution in [0.5, 0.6) is 0 Å². The number of benzene rings is 1. The fourth-order valence-corrected chi connectivity index (χ4v) is 2.39. The highest BCUT2D eigenvalue weighted by Crippen LogP contribution is 2.41. The van der Waals surface area contributed by atoms with Crippen molar-refractivity contribution >= 4 is 0 Å². The van der Waals surface area contributed by atoms with Crippen molar-refractivity contribution in [3.05, 3.63) is 34.9 Å². The van der Waals surface area contributed by atoms with Gasteiger partial charge >= 0.3 is 0 Å². The Morgan fingerprint density at radius 3 is 2.50 bits per heavy atom. The van der Waals surface area contributed by atoms with E-state index in [9.17, 15) is 13.9 Å². The number of hydrogen-bond donors (Lipinski definition) is 2. The molecule has 0 aromatic heterocycles. The number of nitrogens with two attached hydrogens (primary N) is 1. The Morgan fingerprint density at radius 2 is 1.88 bits per heavy atom. The molecule has 3 N–H and O–H groups in total. The predicted molar refractivity (Wildman–Crippen MR) is 56.9 cm³/mol. The monoisotopic (exact) mass is 227 g/mol. The minimum absolute atomic E-state index is 0.390. The molecule has 88 valence electrons. The Labute approximate surface area is 93.1 Å². The summed E-state index contributed by atoms with van der Waals surface area (Å²) in [6.45, 7) is 3.77. The molecule has 2 rings (SSSR count). The van der Waals surface area contributed by atoms with Crippen LogP contribution < -0.4 is 5.73 Å². The number of hydrogen-bond acceptors (Lipinski definition) is 2. The molecule has 1 aromatic rings. The molecule has 0 fully saturated rings. The number of halogens is 2. The van der Waals surface area contributed by atoms with Gasteiger partial charge in [-0.2, -0.15) is 0 Å². The molecule has 1 aliphatic carbocycles. The number of aliphatic hydroxyl groups is 1. The maximum Gasteiger partial charge on any atom is 0.159 e. The minimum atomic E-state index is -0.917. The molecular weight excluding hydrogens is 212 g/mol. The Morgan fingerprint density at radius 1 is 1.31 bits per heavy atom. The first-order valence-corrected chi connectivity index (χ1v) is 5.26. The van der Waals surface area contributed by atoms with Gasteiger partial charge in [0.05, 0.1) is 12.1 Å². The first kappa shape index (κ1) is 11.5. The van der Waals surface area contributed by atoms with E-state index in [1.54, 1.807) is 0 Å². The minimum Gasteiger partial charge on any atom is -0.391 e. The maximum atomic E-state index is 13.2. The van der Waals surface area contributed by atoms with Gasteiger partial charge in [-0.1, -0.05) is 13.8 Å². The Bertz CT molecular complexity index is 431. The number of rotatable bonds is 0. The topological polar surface area (TPSA) is 46.2 Å². The molecule has 4 heteroatoms. The highest BCUT2D eigenvalue weighted by Gasteiger charge is 2.37. The largest absolute Gasteiger partial charge is 0.391 e. The lowest BCUT2D eigenvalue weighted by Gasteiger charge is -2.39. The van der Waals surface area contributed by atoms with Gasteiger partial charge in [0.15, 0.2) is 11.6 Å². The Kier molecular flexibility index (Phi) is 2.51. The second-order valence-corrected chi connectivity index (χ2v) is 5.03. The van der Waals surface area contributed by atoms with Crippen LogP contribution in [0.3, 0.4) is 0 Å². The molecule has 1 aliphatic rings. The van der Waals surface area contributed by atoms with Crippen LogP contribution in [-0.2, 0) is 5.41 Å². The molecule has 16 heavy (non-hydrogen) atoms. The van der Waals surface area contributed by atoms with Gasteiger partial charge in [0.1, 0.15) is 0 Å². The van der Waals surface area contributed by atoms with Crippen LogP contribution in [0.2, 0.25) is 0 Å². The average molecular weight is 227 g/mol. The zero-order valence-electron chi connectivity index (χ0n) is 9.30. The molecule has 0 spiro atoms. The standard InChI is InChI=1S/C12H15F2NO/c1-12(2)5-10(16)11(15)6-3-8(13)9(14)4-7(6)12/h3-4,10-11,16H,5,15H2,1-2H3/t10?,11-/m1/s1. The fraction of sp³-hybridized carbons (Fsp3) is 0.500. The Balaban J connectivity index is 2.64. The van der Waals surface area contributed by atoms with E-state index in [1.807, 2.05) is 13.8 Å². The third kappa shape index (κ3) is 1.62. The van der Waals surface area contributed by atoms with E-state index >= 15 is 0 Å². The Hall–Kier alpha value is -1.00. The predicted octanol–water partition coefficient (Wildman–Crippen LogP) is 2.01. The second kappa shape index (κ2) is 3.50. The van der Waals surface area contributed by atoms with E-state index in [-0.39, 0.29) is 5.41 Å². The molecule has 2 atom stereocenters. The van der Waals surface area contributed by atoms with E-state index < -0.39 is 23.8 Å². The first-order chi connectivity index (χ1) is 7.33. The first-order valence-electron chi connectivity index (χ1n) is 5.26. The summed E-state index contributed by atoms with van der Waals surface area (Å²) >= 11 is 0. The van der Waals surface area contributed by atoms with Crippen LogP contribution in [0.4, 0.5) is 8.78 Å². The normalized spacial score (nSPS) is 27.6. The van der Waals surface area contributed by atoms with Crippen molar-refractivity contribution in [2.75, 3.05) is 0 Å². The lowest BCUT2D eigenvalue weighted by Crippen LogP contribution is -2.40. The SMILES string of the molecule is CC1(C)CC(O)[C@H](N)c2cc(F)c(F)cc21. The molecule has 0 bridgehead atoms. The van der Waals surface area contributed by atoms with E-state index in [4.69, 9.17) is 5.73 Å². The van der Waals surface area contributed by atoms with Gasteiger partial charge in [0.2, 0.25) is 0 Å². The van der Waals surface area contributed by atoms with Crippen LogP contribution in [0.15, 0.2) is 12.1 Å². The molecule has 0 aliphatic heterocycles. The third-order valence-electron chi connectivity index (χ3n) is 3.31. The van der Waals surface area contributed by atoms with Crippen molar-refractivity contribution in [2.24, 2.45) is 5.73 Å². The van der Waals surface area contributed by atoms with Gasteiger partial charge in [0.25, 0.3) is 0 Å². The summed E-state index contributed by atoms with van der Waals surface area (Å²) in [7, 11) is 0. The molecule has 1 unspecified atom stereocenters. The zero-order chi connectivity index (χ0) is 12.1. The van der Waals surface area contributed by atoms with Crippen LogP contribution in [0.25, 0.3) is 0 Å². The average Bonchev–Trinajstić information content (AvgIpc) is 2.17. The molecule has 0 amide bonds. The molecule has 2 nitrogen and oxygen atoms in total. The van der Waals surface area contributed by atoms with Gasteiger partial charge in [0, 0.05) is 0 Å². The summed E-state index contributed by atoms with van der Waals surface area (Å²) < 4.78 is 26.3. The van der Waals surface area contributed by atoms with Crippen molar-refractivity contribution in [3.63, 3.8) is 0 Å². The molecule has 0 saturated carbocycles. The summed E-state index contributed by atoms with van der Waals surface area (Å²) in [4.78, 5) is 0. The molecule has 1 aromatic carbocycles. The van der Waals surface area contributed by atoms with E-state index in [0.717, 1.165) is 6.07 Å².